The van der Waals surface area contributed by atoms with Gasteiger partial charge in [0.05, 0.1) is 12.5 Å². The molecule has 7 nitrogen and oxygen atoms in total. The van der Waals surface area contributed by atoms with E-state index < -0.39 is 49.5 Å². The first-order chi connectivity index (χ1) is 8.94. The highest BCUT2D eigenvalue weighted by atomic mass is 19.4. The maximum Gasteiger partial charge on any atom is 0.406 e. The number of carbonyl (C=O) groups excluding carboxylic acids is 2. The number of alkyl halides is 3. The zero-order valence-electron chi connectivity index (χ0n) is 11.0. The van der Waals surface area contributed by atoms with Crippen molar-refractivity contribution >= 4 is 17.8 Å². The summed E-state index contributed by atoms with van der Waals surface area (Å²) in [7, 11) is 2.63. The highest BCUT2D eigenvalue weighted by molar-refractivity contribution is 5.89. The standard InChI is InChI=1S/C10H16F3N3O4/c1-15(2)7(17)4-16(5-10(11,12)13)9(20)6(14)3-8(18)19/h6H,3-5,14H2,1-2H3,(H,18,19). The number of hydrogen-bond acceptors (Lipinski definition) is 4. The van der Waals surface area contributed by atoms with E-state index in [1.54, 1.807) is 0 Å². The van der Waals surface area contributed by atoms with Gasteiger partial charge in [0.2, 0.25) is 11.8 Å². The third kappa shape index (κ3) is 6.92. The molecule has 1 atom stereocenters. The summed E-state index contributed by atoms with van der Waals surface area (Å²) in [5.41, 5.74) is 5.23. The molecule has 2 amide bonds. The van der Waals surface area contributed by atoms with E-state index in [-0.39, 0.29) is 4.90 Å². The molecule has 0 aromatic rings. The summed E-state index contributed by atoms with van der Waals surface area (Å²) in [5, 5.41) is 8.47. The molecule has 0 heterocycles. The van der Waals surface area contributed by atoms with Gasteiger partial charge >= 0.3 is 12.1 Å². The average molecular weight is 299 g/mol. The SMILES string of the molecule is CN(C)C(=O)CN(CC(F)(F)F)C(=O)C(N)CC(=O)O. The van der Waals surface area contributed by atoms with Crippen molar-refractivity contribution in [2.75, 3.05) is 27.2 Å². The Morgan fingerprint density at radius 3 is 2.10 bits per heavy atom. The third-order valence-electron chi connectivity index (χ3n) is 2.22. The molecule has 0 saturated heterocycles. The van der Waals surface area contributed by atoms with Crippen molar-refractivity contribution in [1.29, 1.82) is 0 Å². The molecule has 0 saturated carbocycles. The molecule has 0 rings (SSSR count). The lowest BCUT2D eigenvalue weighted by Crippen LogP contribution is -2.51. The Labute approximate surface area is 113 Å². The van der Waals surface area contributed by atoms with E-state index in [2.05, 4.69) is 0 Å². The predicted octanol–water partition coefficient (Wildman–Crippen LogP) is -0.732. The molecule has 116 valence electrons. The number of aliphatic carboxylic acids is 1. The second-order valence-electron chi connectivity index (χ2n) is 4.30. The first-order valence-corrected chi connectivity index (χ1v) is 5.47. The fraction of sp³-hybridized carbons (Fsp3) is 0.700. The molecular formula is C10H16F3N3O4. The van der Waals surface area contributed by atoms with Gasteiger partial charge in [0, 0.05) is 14.1 Å². The molecule has 0 aliphatic heterocycles. The number of carboxylic acid groups (broad SMARTS) is 1. The van der Waals surface area contributed by atoms with Crippen LogP contribution < -0.4 is 5.73 Å². The number of nitrogens with two attached hydrogens (primary N) is 1. The minimum absolute atomic E-state index is 0.204. The van der Waals surface area contributed by atoms with Gasteiger partial charge in [0.1, 0.15) is 13.1 Å². The first kappa shape index (κ1) is 18.2. The van der Waals surface area contributed by atoms with Crippen LogP contribution >= 0.6 is 0 Å². The highest BCUT2D eigenvalue weighted by Gasteiger charge is 2.36. The van der Waals surface area contributed by atoms with E-state index in [1.807, 2.05) is 0 Å². The topological polar surface area (TPSA) is 104 Å². The van der Waals surface area contributed by atoms with E-state index in [0.717, 1.165) is 4.90 Å². The monoisotopic (exact) mass is 299 g/mol. The van der Waals surface area contributed by atoms with Crippen LogP contribution in [0.5, 0.6) is 0 Å². The molecule has 0 radical (unpaired) electrons. The molecule has 0 aromatic carbocycles. The highest BCUT2D eigenvalue weighted by Crippen LogP contribution is 2.17. The number of likely N-dealkylation sites (N-methyl/N-ethyl adjacent to an activating group) is 1. The van der Waals surface area contributed by atoms with Crippen LogP contribution in [0.2, 0.25) is 0 Å². The molecule has 1 unspecified atom stereocenters. The van der Waals surface area contributed by atoms with Crippen molar-refractivity contribution in [3.63, 3.8) is 0 Å². The summed E-state index contributed by atoms with van der Waals surface area (Å²) in [6.45, 7) is -2.49. The van der Waals surface area contributed by atoms with Gasteiger partial charge in [-0.3, -0.25) is 14.4 Å². The molecule has 0 aliphatic rings. The van der Waals surface area contributed by atoms with Crippen LogP contribution in [-0.2, 0) is 14.4 Å². The molecule has 0 spiro atoms. The largest absolute Gasteiger partial charge is 0.481 e. The maximum atomic E-state index is 12.4. The Balaban J connectivity index is 4.96. The van der Waals surface area contributed by atoms with E-state index in [4.69, 9.17) is 10.8 Å². The second kappa shape index (κ2) is 7.08. The summed E-state index contributed by atoms with van der Waals surface area (Å²) in [6.07, 6.45) is -5.53. The molecule has 0 aromatic heterocycles. The fourth-order valence-electron chi connectivity index (χ4n) is 1.24. The first-order valence-electron chi connectivity index (χ1n) is 5.47. The molecule has 0 aliphatic carbocycles. The number of hydrogen-bond donors (Lipinski definition) is 2. The summed E-state index contributed by atoms with van der Waals surface area (Å²) in [6, 6.07) is -1.63. The van der Waals surface area contributed by atoms with E-state index in [9.17, 15) is 27.6 Å². The fourth-order valence-corrected chi connectivity index (χ4v) is 1.24. The molecule has 0 bridgehead atoms. The van der Waals surface area contributed by atoms with Crippen molar-refractivity contribution in [1.82, 2.24) is 9.80 Å². The summed E-state index contributed by atoms with van der Waals surface area (Å²) in [4.78, 5) is 34.7. The van der Waals surface area contributed by atoms with Crippen LogP contribution in [0, 0.1) is 0 Å². The van der Waals surface area contributed by atoms with Gasteiger partial charge in [-0.2, -0.15) is 13.2 Å². The van der Waals surface area contributed by atoms with Crippen LogP contribution in [0.3, 0.4) is 0 Å². The Morgan fingerprint density at radius 1 is 1.25 bits per heavy atom. The van der Waals surface area contributed by atoms with Gasteiger partial charge in [-0.1, -0.05) is 0 Å². The van der Waals surface area contributed by atoms with Crippen molar-refractivity contribution < 1.29 is 32.7 Å². The lowest BCUT2D eigenvalue weighted by atomic mass is 10.2. The third-order valence-corrected chi connectivity index (χ3v) is 2.22. The van der Waals surface area contributed by atoms with E-state index >= 15 is 0 Å². The zero-order chi connectivity index (χ0) is 16.1. The smallest absolute Gasteiger partial charge is 0.406 e. The summed E-state index contributed by atoms with van der Waals surface area (Å²) in [5.74, 6) is -3.39. The number of amides is 2. The Hall–Kier alpha value is -1.84. The van der Waals surface area contributed by atoms with E-state index in [1.165, 1.54) is 14.1 Å². The Kier molecular flexibility index (Phi) is 6.43. The van der Waals surface area contributed by atoms with Gasteiger partial charge in [-0.05, 0) is 0 Å². The van der Waals surface area contributed by atoms with Crippen LogP contribution in [0.25, 0.3) is 0 Å². The van der Waals surface area contributed by atoms with E-state index in [0.29, 0.717) is 0 Å². The molecule has 20 heavy (non-hydrogen) atoms. The number of halogens is 3. The van der Waals surface area contributed by atoms with Crippen LogP contribution in [0.1, 0.15) is 6.42 Å². The van der Waals surface area contributed by atoms with Gasteiger partial charge in [-0.15, -0.1) is 0 Å². The Bertz CT molecular complexity index is 384. The number of rotatable bonds is 6. The van der Waals surface area contributed by atoms with Crippen molar-refractivity contribution in [3.05, 3.63) is 0 Å². The quantitative estimate of drug-likeness (QED) is 0.673. The Morgan fingerprint density at radius 2 is 1.75 bits per heavy atom. The van der Waals surface area contributed by atoms with Gasteiger partial charge in [0.25, 0.3) is 0 Å². The van der Waals surface area contributed by atoms with Crippen LogP contribution in [-0.4, -0.2) is 72.1 Å². The number of carbonyl (C=O) groups is 3. The average Bonchev–Trinajstić information content (AvgIpc) is 2.23. The van der Waals surface area contributed by atoms with Gasteiger partial charge in [0.15, 0.2) is 0 Å². The second-order valence-corrected chi connectivity index (χ2v) is 4.30. The molecule has 10 heteroatoms. The van der Waals surface area contributed by atoms with Crippen molar-refractivity contribution in [3.8, 4) is 0 Å². The van der Waals surface area contributed by atoms with Crippen molar-refractivity contribution in [2.45, 2.75) is 18.6 Å². The lowest BCUT2D eigenvalue weighted by Gasteiger charge is -2.26. The minimum atomic E-state index is -4.72. The number of nitrogens with zero attached hydrogens (tertiary/aromatic N) is 2. The predicted molar refractivity (Wildman–Crippen MR) is 61.6 cm³/mol. The van der Waals surface area contributed by atoms with Crippen molar-refractivity contribution in [2.24, 2.45) is 5.73 Å². The number of carboxylic acids is 1. The van der Waals surface area contributed by atoms with Gasteiger partial charge < -0.3 is 20.6 Å². The summed E-state index contributed by atoms with van der Waals surface area (Å²) < 4.78 is 37.1. The summed E-state index contributed by atoms with van der Waals surface area (Å²) >= 11 is 0. The minimum Gasteiger partial charge on any atom is -0.481 e. The van der Waals surface area contributed by atoms with Crippen LogP contribution in [0.4, 0.5) is 13.2 Å². The maximum absolute atomic E-state index is 12.4. The lowest BCUT2D eigenvalue weighted by molar-refractivity contribution is -0.165. The zero-order valence-corrected chi connectivity index (χ0v) is 11.0. The van der Waals surface area contributed by atoms with Crippen LogP contribution in [0.15, 0.2) is 0 Å². The normalized spacial score (nSPS) is 12.7. The van der Waals surface area contributed by atoms with Gasteiger partial charge in [-0.25, -0.2) is 0 Å². The molecule has 3 N–H and O–H groups in total. The molecular weight excluding hydrogens is 283 g/mol. The molecule has 0 fully saturated rings.